The van der Waals surface area contributed by atoms with E-state index in [4.69, 9.17) is 0 Å². The van der Waals surface area contributed by atoms with Gasteiger partial charge in [0.25, 0.3) is 0 Å². The summed E-state index contributed by atoms with van der Waals surface area (Å²) in [5.74, 6) is 0. The maximum Gasteiger partial charge on any atom is 0.163 e. The van der Waals surface area contributed by atoms with Gasteiger partial charge in [0.05, 0.1) is 0 Å². The van der Waals surface area contributed by atoms with Gasteiger partial charge in [-0.3, -0.25) is 5.32 Å². The molecule has 0 saturated carbocycles. The van der Waals surface area contributed by atoms with Gasteiger partial charge in [0.15, 0.2) is 6.30 Å². The van der Waals surface area contributed by atoms with Crippen molar-refractivity contribution in [3.8, 4) is 0 Å². The zero-order chi connectivity index (χ0) is 2.99. The van der Waals surface area contributed by atoms with Gasteiger partial charge in [-0.25, -0.2) is 4.39 Å². The summed E-state index contributed by atoms with van der Waals surface area (Å²) in [5.41, 5.74) is 0. The molecule has 1 atom stereocenters. The molecule has 1 aliphatic heterocycles. The maximum atomic E-state index is 11.0. The van der Waals surface area contributed by atoms with Crippen LogP contribution in [0.25, 0.3) is 0 Å². The molecule has 0 aromatic heterocycles. The Balaban J connectivity index is 2.17. The standard InChI is InChI=1S/C2H4FN/c3-2-1-4-2/h2,4H,1H2/t2-/m1/s1. The Kier molecular flexibility index (Phi) is 0.232. The molecule has 1 saturated heterocycles. The van der Waals surface area contributed by atoms with Gasteiger partial charge in [0.1, 0.15) is 0 Å². The van der Waals surface area contributed by atoms with E-state index >= 15 is 0 Å². The Bertz CT molecular complexity index is 25.2. The van der Waals surface area contributed by atoms with Crippen molar-refractivity contribution in [3.63, 3.8) is 0 Å². The van der Waals surface area contributed by atoms with E-state index in [0.29, 0.717) is 6.54 Å². The van der Waals surface area contributed by atoms with E-state index in [2.05, 4.69) is 5.32 Å². The summed E-state index contributed by atoms with van der Waals surface area (Å²) in [6, 6.07) is 0. The molecule has 0 aromatic carbocycles. The van der Waals surface area contributed by atoms with E-state index in [1.807, 2.05) is 0 Å². The van der Waals surface area contributed by atoms with Crippen molar-refractivity contribution in [2.75, 3.05) is 6.54 Å². The smallest absolute Gasteiger partial charge is 0.163 e. The Morgan fingerprint density at radius 3 is 2.25 bits per heavy atom. The third-order valence-electron chi connectivity index (χ3n) is 0.358. The van der Waals surface area contributed by atoms with Gasteiger partial charge < -0.3 is 0 Å². The van der Waals surface area contributed by atoms with Crippen molar-refractivity contribution in [3.05, 3.63) is 0 Å². The van der Waals surface area contributed by atoms with E-state index in [-0.39, 0.29) is 0 Å². The number of hydrogen-bond donors (Lipinski definition) is 1. The SMILES string of the molecule is F[C@H]1CN1. The molecule has 1 heterocycles. The topological polar surface area (TPSA) is 21.9 Å². The monoisotopic (exact) mass is 61.0 g/mol. The molecule has 1 aliphatic rings. The molecule has 1 rings (SSSR count). The van der Waals surface area contributed by atoms with Gasteiger partial charge in [0, 0.05) is 6.54 Å². The lowest BCUT2D eigenvalue weighted by Gasteiger charge is -1.49. The van der Waals surface area contributed by atoms with Crippen molar-refractivity contribution in [1.82, 2.24) is 5.32 Å². The van der Waals surface area contributed by atoms with Gasteiger partial charge in [-0.15, -0.1) is 0 Å². The Morgan fingerprint density at radius 2 is 2.25 bits per heavy atom. The summed E-state index contributed by atoms with van der Waals surface area (Å²) in [4.78, 5) is 0. The lowest BCUT2D eigenvalue weighted by molar-refractivity contribution is 0.472. The normalized spacial score (nSPS) is 39.8. The van der Waals surface area contributed by atoms with Crippen LogP contribution in [0.5, 0.6) is 0 Å². The fraction of sp³-hybridized carbons (Fsp3) is 1.00. The van der Waals surface area contributed by atoms with Crippen molar-refractivity contribution < 1.29 is 4.39 Å². The van der Waals surface area contributed by atoms with Crippen molar-refractivity contribution >= 4 is 0 Å². The molecule has 0 aliphatic carbocycles. The third-order valence-corrected chi connectivity index (χ3v) is 0.358. The molecule has 0 radical (unpaired) electrons. The number of halogens is 1. The molecule has 0 bridgehead atoms. The van der Waals surface area contributed by atoms with Gasteiger partial charge in [0.2, 0.25) is 0 Å². The first kappa shape index (κ1) is 2.15. The molecule has 0 amide bonds. The van der Waals surface area contributed by atoms with Crippen molar-refractivity contribution in [2.45, 2.75) is 6.30 Å². The molecule has 24 valence electrons. The predicted octanol–water partition coefficient (Wildman–Crippen LogP) is -0.115. The third kappa shape index (κ3) is 0.179. The van der Waals surface area contributed by atoms with Crippen LogP contribution < -0.4 is 5.32 Å². The van der Waals surface area contributed by atoms with Crippen LogP contribution in [0.2, 0.25) is 0 Å². The maximum absolute atomic E-state index is 11.0. The largest absolute Gasteiger partial charge is 0.282 e. The average Bonchev–Trinajstić information content (AvgIpc) is 1.75. The van der Waals surface area contributed by atoms with Crippen LogP contribution in [0.3, 0.4) is 0 Å². The van der Waals surface area contributed by atoms with Gasteiger partial charge in [-0.2, -0.15) is 0 Å². The second-order valence-corrected chi connectivity index (χ2v) is 0.876. The van der Waals surface area contributed by atoms with Gasteiger partial charge >= 0.3 is 0 Å². The molecule has 1 N–H and O–H groups in total. The molecule has 0 aromatic rings. The fourth-order valence-corrected chi connectivity index (χ4v) is 0.0445. The van der Waals surface area contributed by atoms with E-state index in [1.54, 1.807) is 0 Å². The first-order valence-corrected chi connectivity index (χ1v) is 1.27. The first-order valence-electron chi connectivity index (χ1n) is 1.27. The second kappa shape index (κ2) is 0.432. The van der Waals surface area contributed by atoms with Crippen LogP contribution in [0.1, 0.15) is 0 Å². The van der Waals surface area contributed by atoms with Crippen molar-refractivity contribution in [1.29, 1.82) is 0 Å². The lowest BCUT2D eigenvalue weighted by atomic mass is 10.9. The minimum atomic E-state index is -0.667. The van der Waals surface area contributed by atoms with Crippen LogP contribution in [0.4, 0.5) is 4.39 Å². The predicted molar refractivity (Wildman–Crippen MR) is 12.9 cm³/mol. The first-order chi connectivity index (χ1) is 1.89. The molecule has 0 unspecified atom stereocenters. The van der Waals surface area contributed by atoms with Gasteiger partial charge in [-0.05, 0) is 0 Å². The summed E-state index contributed by atoms with van der Waals surface area (Å²) < 4.78 is 11.0. The van der Waals surface area contributed by atoms with Crippen LogP contribution in [-0.2, 0) is 0 Å². The molecular weight excluding hydrogens is 57.0 g/mol. The Hall–Kier alpha value is -0.110. The summed E-state index contributed by atoms with van der Waals surface area (Å²) in [6.45, 7) is 0.569. The molecule has 4 heavy (non-hydrogen) atoms. The highest BCUT2D eigenvalue weighted by molar-refractivity contribution is 4.68. The molecule has 1 fully saturated rings. The molecule has 1 nitrogen and oxygen atoms in total. The number of nitrogens with one attached hydrogen (secondary N) is 1. The Labute approximate surface area is 23.8 Å². The van der Waals surface area contributed by atoms with E-state index < -0.39 is 6.30 Å². The molecule has 2 heteroatoms. The summed E-state index contributed by atoms with van der Waals surface area (Å²) in [7, 11) is 0. The molecule has 0 spiro atoms. The van der Waals surface area contributed by atoms with Crippen LogP contribution in [0.15, 0.2) is 0 Å². The molecular formula is C2H4FN. The van der Waals surface area contributed by atoms with Gasteiger partial charge in [-0.1, -0.05) is 0 Å². The van der Waals surface area contributed by atoms with Crippen LogP contribution >= 0.6 is 0 Å². The summed E-state index contributed by atoms with van der Waals surface area (Å²) >= 11 is 0. The highest BCUT2D eigenvalue weighted by atomic mass is 19.1. The van der Waals surface area contributed by atoms with Crippen molar-refractivity contribution in [2.24, 2.45) is 0 Å². The van der Waals surface area contributed by atoms with E-state index in [9.17, 15) is 4.39 Å². The fourth-order valence-electron chi connectivity index (χ4n) is 0.0445. The quantitative estimate of drug-likeness (QED) is 0.306. The number of hydrogen-bond acceptors (Lipinski definition) is 1. The lowest BCUT2D eigenvalue weighted by Crippen LogP contribution is -1.69. The summed E-state index contributed by atoms with van der Waals surface area (Å²) in [5, 5.41) is 2.43. The highest BCUT2D eigenvalue weighted by Gasteiger charge is 2.16. The Morgan fingerprint density at radius 1 is 2.00 bits per heavy atom. The average molecular weight is 61.1 g/mol. The van der Waals surface area contributed by atoms with E-state index in [1.165, 1.54) is 0 Å². The number of rotatable bonds is 0. The minimum absolute atomic E-state index is 0.569. The van der Waals surface area contributed by atoms with Crippen LogP contribution in [-0.4, -0.2) is 12.8 Å². The number of alkyl halides is 1. The summed E-state index contributed by atoms with van der Waals surface area (Å²) in [6.07, 6.45) is -0.667. The second-order valence-electron chi connectivity index (χ2n) is 0.876. The minimum Gasteiger partial charge on any atom is -0.282 e. The van der Waals surface area contributed by atoms with E-state index in [0.717, 1.165) is 0 Å². The zero-order valence-electron chi connectivity index (χ0n) is 2.16. The van der Waals surface area contributed by atoms with Crippen LogP contribution in [0, 0.1) is 0 Å². The highest BCUT2D eigenvalue weighted by Crippen LogP contribution is 1.93. The zero-order valence-corrected chi connectivity index (χ0v) is 2.16.